The van der Waals surface area contributed by atoms with Crippen molar-refractivity contribution in [1.29, 1.82) is 0 Å². The maximum absolute atomic E-state index is 11.9. The van der Waals surface area contributed by atoms with Crippen molar-refractivity contribution in [3.63, 3.8) is 0 Å². The Labute approximate surface area is 119 Å². The smallest absolute Gasteiger partial charge is 0.372 e. The van der Waals surface area contributed by atoms with Gasteiger partial charge in [-0.05, 0) is 18.2 Å². The van der Waals surface area contributed by atoms with Gasteiger partial charge in [0, 0.05) is 16.0 Å². The van der Waals surface area contributed by atoms with Gasteiger partial charge in [0.25, 0.3) is 0 Å². The third kappa shape index (κ3) is 3.36. The first-order valence-corrected chi connectivity index (χ1v) is 6.59. The number of aromatic nitrogens is 1. The lowest BCUT2D eigenvalue weighted by Gasteiger charge is -2.02. The minimum Gasteiger partial charge on any atom is -0.475 e. The quantitative estimate of drug-likeness (QED) is 0.484. The molecule has 0 amide bonds. The van der Waals surface area contributed by atoms with E-state index in [1.807, 2.05) is 30.3 Å². The highest BCUT2D eigenvalue weighted by molar-refractivity contribution is 7.99. The Morgan fingerprint density at radius 1 is 1.10 bits per heavy atom. The Hall–Kier alpha value is -2.34. The third-order valence-corrected chi connectivity index (χ3v) is 3.59. The van der Waals surface area contributed by atoms with Crippen molar-refractivity contribution in [1.82, 2.24) is 4.98 Å². The second-order valence-electron chi connectivity index (χ2n) is 3.96. The van der Waals surface area contributed by atoms with E-state index in [0.717, 1.165) is 4.90 Å². The van der Waals surface area contributed by atoms with Gasteiger partial charge in [-0.25, -0.2) is 4.79 Å². The molecule has 1 aromatic carbocycles. The van der Waals surface area contributed by atoms with Crippen LogP contribution >= 0.6 is 11.8 Å². The highest BCUT2D eigenvalue weighted by Crippen LogP contribution is 2.30. The molecule has 0 aliphatic rings. The normalized spacial score (nSPS) is 10.2. The van der Waals surface area contributed by atoms with Crippen molar-refractivity contribution in [2.45, 2.75) is 16.2 Å². The molecule has 2 aromatic rings. The SMILES string of the molecule is O=C(O)C(=O)CC(=O)c1[nH]ccc1Sc1ccccc1. The van der Waals surface area contributed by atoms with Crippen molar-refractivity contribution in [2.24, 2.45) is 0 Å². The molecule has 20 heavy (non-hydrogen) atoms. The van der Waals surface area contributed by atoms with E-state index in [1.165, 1.54) is 11.8 Å². The van der Waals surface area contributed by atoms with Crippen molar-refractivity contribution >= 4 is 29.3 Å². The van der Waals surface area contributed by atoms with E-state index in [9.17, 15) is 14.4 Å². The molecule has 2 rings (SSSR count). The summed E-state index contributed by atoms with van der Waals surface area (Å²) in [6.07, 6.45) is 0.946. The zero-order valence-corrected chi connectivity index (χ0v) is 11.1. The van der Waals surface area contributed by atoms with Gasteiger partial charge >= 0.3 is 5.97 Å². The summed E-state index contributed by atoms with van der Waals surface area (Å²) in [5.74, 6) is -3.23. The molecule has 0 radical (unpaired) electrons. The highest BCUT2D eigenvalue weighted by atomic mass is 32.2. The predicted octanol–water partition coefficient (Wildman–Crippen LogP) is 2.39. The fraction of sp³-hybridized carbons (Fsp3) is 0.0714. The van der Waals surface area contributed by atoms with E-state index >= 15 is 0 Å². The van der Waals surface area contributed by atoms with Crippen LogP contribution in [-0.2, 0) is 9.59 Å². The summed E-state index contributed by atoms with van der Waals surface area (Å²) in [5.41, 5.74) is 0.258. The number of hydrogen-bond acceptors (Lipinski definition) is 4. The van der Waals surface area contributed by atoms with Crippen LogP contribution in [0.1, 0.15) is 16.9 Å². The fourth-order valence-corrected chi connectivity index (χ4v) is 2.54. The third-order valence-electron chi connectivity index (χ3n) is 2.52. The van der Waals surface area contributed by atoms with E-state index < -0.39 is 24.0 Å². The molecule has 6 heteroatoms. The first kappa shape index (κ1) is 14.1. The minimum absolute atomic E-state index is 0.258. The summed E-state index contributed by atoms with van der Waals surface area (Å²) in [7, 11) is 0. The molecule has 5 nitrogen and oxygen atoms in total. The Bertz CT molecular complexity index is 648. The molecule has 1 aromatic heterocycles. The van der Waals surface area contributed by atoms with Crippen LogP contribution in [-0.4, -0.2) is 27.6 Å². The number of rotatable bonds is 6. The minimum atomic E-state index is -1.60. The number of carbonyl (C=O) groups is 3. The Morgan fingerprint density at radius 2 is 1.80 bits per heavy atom. The number of Topliss-reactive ketones (excluding diaryl/α,β-unsaturated/α-hetero) is 2. The van der Waals surface area contributed by atoms with Gasteiger partial charge in [0.05, 0.1) is 12.1 Å². The summed E-state index contributed by atoms with van der Waals surface area (Å²) in [6.45, 7) is 0. The van der Waals surface area contributed by atoms with Crippen molar-refractivity contribution in [3.05, 3.63) is 48.3 Å². The van der Waals surface area contributed by atoms with Crippen LogP contribution in [0.15, 0.2) is 52.4 Å². The molecule has 1 heterocycles. The van der Waals surface area contributed by atoms with E-state index in [2.05, 4.69) is 4.98 Å². The summed E-state index contributed by atoms with van der Waals surface area (Å²) in [5, 5.41) is 8.52. The zero-order chi connectivity index (χ0) is 14.5. The largest absolute Gasteiger partial charge is 0.475 e. The molecular weight excluding hydrogens is 278 g/mol. The number of ketones is 2. The summed E-state index contributed by atoms with van der Waals surface area (Å²) in [4.78, 5) is 37.8. The number of carboxylic acids is 1. The van der Waals surface area contributed by atoms with Gasteiger partial charge < -0.3 is 10.1 Å². The molecule has 102 valence electrons. The van der Waals surface area contributed by atoms with Gasteiger partial charge in [0.15, 0.2) is 5.78 Å². The fourth-order valence-electron chi connectivity index (χ4n) is 1.58. The second-order valence-corrected chi connectivity index (χ2v) is 5.08. The number of aromatic amines is 1. The lowest BCUT2D eigenvalue weighted by molar-refractivity contribution is -0.148. The molecule has 0 fully saturated rings. The molecular formula is C14H11NO4S. The van der Waals surface area contributed by atoms with E-state index in [-0.39, 0.29) is 5.69 Å². The first-order valence-electron chi connectivity index (χ1n) is 5.77. The molecule has 0 aliphatic heterocycles. The van der Waals surface area contributed by atoms with Crippen LogP contribution in [0.3, 0.4) is 0 Å². The van der Waals surface area contributed by atoms with Crippen molar-refractivity contribution in [2.75, 3.05) is 0 Å². The van der Waals surface area contributed by atoms with Gasteiger partial charge in [-0.2, -0.15) is 0 Å². The number of aliphatic carboxylic acids is 1. The lowest BCUT2D eigenvalue weighted by Crippen LogP contribution is -2.17. The Kier molecular flexibility index (Phi) is 4.37. The topological polar surface area (TPSA) is 87.2 Å². The maximum atomic E-state index is 11.9. The lowest BCUT2D eigenvalue weighted by atomic mass is 10.1. The average molecular weight is 289 g/mol. The number of hydrogen-bond donors (Lipinski definition) is 2. The van der Waals surface area contributed by atoms with Gasteiger partial charge in [-0.3, -0.25) is 9.59 Å². The van der Waals surface area contributed by atoms with Gasteiger partial charge in [-0.1, -0.05) is 30.0 Å². The van der Waals surface area contributed by atoms with Crippen LogP contribution in [0.2, 0.25) is 0 Å². The van der Waals surface area contributed by atoms with E-state index in [0.29, 0.717) is 4.90 Å². The van der Waals surface area contributed by atoms with Crippen molar-refractivity contribution < 1.29 is 19.5 Å². The average Bonchev–Trinajstić information content (AvgIpc) is 2.88. The molecule has 0 atom stereocenters. The molecule has 0 saturated heterocycles. The van der Waals surface area contributed by atoms with Crippen LogP contribution in [0.25, 0.3) is 0 Å². The zero-order valence-electron chi connectivity index (χ0n) is 10.3. The standard InChI is InChI=1S/C14H11NO4S/c16-10(8-11(17)14(18)19)13-12(6-7-15-13)20-9-4-2-1-3-5-9/h1-7,15H,8H2,(H,18,19). The Morgan fingerprint density at radius 3 is 2.45 bits per heavy atom. The molecule has 0 saturated carbocycles. The molecule has 0 spiro atoms. The highest BCUT2D eigenvalue weighted by Gasteiger charge is 2.21. The number of carboxylic acid groups (broad SMARTS) is 1. The molecule has 0 unspecified atom stereocenters. The summed E-state index contributed by atoms with van der Waals surface area (Å²) < 4.78 is 0. The monoisotopic (exact) mass is 289 g/mol. The van der Waals surface area contributed by atoms with Crippen LogP contribution in [0.4, 0.5) is 0 Å². The Balaban J connectivity index is 2.14. The predicted molar refractivity (Wildman–Crippen MR) is 72.9 cm³/mol. The molecule has 2 N–H and O–H groups in total. The first-order chi connectivity index (χ1) is 9.58. The summed E-state index contributed by atoms with van der Waals surface area (Å²) in [6, 6.07) is 11.2. The number of H-pyrrole nitrogens is 1. The van der Waals surface area contributed by atoms with Crippen molar-refractivity contribution in [3.8, 4) is 0 Å². The van der Waals surface area contributed by atoms with Crippen LogP contribution in [0, 0.1) is 0 Å². The van der Waals surface area contributed by atoms with Crippen LogP contribution in [0.5, 0.6) is 0 Å². The maximum Gasteiger partial charge on any atom is 0.372 e. The van der Waals surface area contributed by atoms with E-state index in [1.54, 1.807) is 12.3 Å². The van der Waals surface area contributed by atoms with Crippen LogP contribution < -0.4 is 0 Å². The van der Waals surface area contributed by atoms with Gasteiger partial charge in [-0.15, -0.1) is 0 Å². The second kappa shape index (κ2) is 6.21. The number of benzene rings is 1. The summed E-state index contributed by atoms with van der Waals surface area (Å²) >= 11 is 1.37. The number of carbonyl (C=O) groups excluding carboxylic acids is 2. The van der Waals surface area contributed by atoms with E-state index in [4.69, 9.17) is 5.11 Å². The van der Waals surface area contributed by atoms with Gasteiger partial charge in [0.2, 0.25) is 5.78 Å². The number of nitrogens with one attached hydrogen (secondary N) is 1. The molecule has 0 aliphatic carbocycles. The molecule has 0 bridgehead atoms. The van der Waals surface area contributed by atoms with Gasteiger partial charge in [0.1, 0.15) is 0 Å².